The third-order valence-corrected chi connectivity index (χ3v) is 4.35. The van der Waals surface area contributed by atoms with E-state index in [-0.39, 0.29) is 12.5 Å². The molecule has 0 bridgehead atoms. The molecule has 30 heavy (non-hydrogen) atoms. The van der Waals surface area contributed by atoms with Crippen molar-refractivity contribution in [3.8, 4) is 23.3 Å². The molecule has 1 heterocycles. The maximum absolute atomic E-state index is 12.5. The standard InChI is InChI=1S/C23H22N4O3/c1-26(16-19-15-25-27(17-19)20-6-4-3-5-7-20)23(28)11-9-18-8-10-21(30-13-12-24)22(14-18)29-2/h3-11,14-15,17H,13,16H2,1-2H3/b11-9+. The molecule has 0 radical (unpaired) electrons. The molecule has 1 aromatic heterocycles. The number of methoxy groups -OCH3 is 1. The Labute approximate surface area is 175 Å². The van der Waals surface area contributed by atoms with E-state index in [9.17, 15) is 4.79 Å². The number of hydrogen-bond donors (Lipinski definition) is 0. The van der Waals surface area contributed by atoms with E-state index >= 15 is 0 Å². The van der Waals surface area contributed by atoms with Crippen LogP contribution in [-0.2, 0) is 11.3 Å². The van der Waals surface area contributed by atoms with Crippen LogP contribution < -0.4 is 9.47 Å². The Morgan fingerprint density at radius 2 is 2.03 bits per heavy atom. The second-order valence-electron chi connectivity index (χ2n) is 6.51. The van der Waals surface area contributed by atoms with Crippen LogP contribution in [0.25, 0.3) is 11.8 Å². The lowest BCUT2D eigenvalue weighted by Gasteiger charge is -2.13. The highest BCUT2D eigenvalue weighted by atomic mass is 16.5. The molecule has 152 valence electrons. The van der Waals surface area contributed by atoms with Crippen LogP contribution in [0.1, 0.15) is 11.1 Å². The Morgan fingerprint density at radius 1 is 1.23 bits per heavy atom. The minimum atomic E-state index is -0.133. The van der Waals surface area contributed by atoms with Gasteiger partial charge in [-0.05, 0) is 35.9 Å². The van der Waals surface area contributed by atoms with Gasteiger partial charge in [-0.2, -0.15) is 10.4 Å². The minimum absolute atomic E-state index is 0.0598. The van der Waals surface area contributed by atoms with Crippen molar-refractivity contribution in [1.82, 2.24) is 14.7 Å². The third-order valence-electron chi connectivity index (χ3n) is 4.35. The predicted octanol–water partition coefficient (Wildman–Crippen LogP) is 3.46. The highest BCUT2D eigenvalue weighted by Gasteiger charge is 2.09. The van der Waals surface area contributed by atoms with Crippen LogP contribution in [-0.4, -0.2) is 41.4 Å². The molecule has 0 aliphatic heterocycles. The molecule has 1 amide bonds. The average Bonchev–Trinajstić information content (AvgIpc) is 3.25. The van der Waals surface area contributed by atoms with E-state index in [1.54, 1.807) is 47.1 Å². The first kappa shape index (κ1) is 20.7. The van der Waals surface area contributed by atoms with Crippen molar-refractivity contribution in [2.45, 2.75) is 6.54 Å². The fraction of sp³-hybridized carbons (Fsp3) is 0.174. The monoisotopic (exact) mass is 402 g/mol. The van der Waals surface area contributed by atoms with E-state index in [1.807, 2.05) is 42.6 Å². The first-order valence-electron chi connectivity index (χ1n) is 9.30. The summed E-state index contributed by atoms with van der Waals surface area (Å²) in [6.07, 6.45) is 6.88. The van der Waals surface area contributed by atoms with Gasteiger partial charge >= 0.3 is 0 Å². The van der Waals surface area contributed by atoms with Gasteiger partial charge in [-0.3, -0.25) is 4.79 Å². The van der Waals surface area contributed by atoms with Crippen LogP contribution in [0.3, 0.4) is 0 Å². The van der Waals surface area contributed by atoms with Gasteiger partial charge < -0.3 is 14.4 Å². The molecule has 0 fully saturated rings. The minimum Gasteiger partial charge on any atom is -0.493 e. The van der Waals surface area contributed by atoms with Gasteiger partial charge in [0.05, 0.1) is 19.0 Å². The fourth-order valence-corrected chi connectivity index (χ4v) is 2.83. The smallest absolute Gasteiger partial charge is 0.246 e. The molecule has 0 atom stereocenters. The summed E-state index contributed by atoms with van der Waals surface area (Å²) in [7, 11) is 3.27. The number of benzene rings is 2. The largest absolute Gasteiger partial charge is 0.493 e. The van der Waals surface area contributed by atoms with Gasteiger partial charge in [0, 0.05) is 31.4 Å². The summed E-state index contributed by atoms with van der Waals surface area (Å²) in [4.78, 5) is 14.1. The lowest BCUT2D eigenvalue weighted by atomic mass is 10.2. The first-order chi connectivity index (χ1) is 14.6. The first-order valence-corrected chi connectivity index (χ1v) is 9.30. The number of rotatable bonds is 8. The van der Waals surface area contributed by atoms with Crippen molar-refractivity contribution < 1.29 is 14.3 Å². The highest BCUT2D eigenvalue weighted by molar-refractivity contribution is 5.91. The van der Waals surface area contributed by atoms with E-state index in [4.69, 9.17) is 14.7 Å². The van der Waals surface area contributed by atoms with Gasteiger partial charge in [-0.1, -0.05) is 24.3 Å². The highest BCUT2D eigenvalue weighted by Crippen LogP contribution is 2.28. The van der Waals surface area contributed by atoms with Crippen LogP contribution >= 0.6 is 0 Å². The molecule has 3 aromatic rings. The number of carbonyl (C=O) groups excluding carboxylic acids is 1. The van der Waals surface area contributed by atoms with Crippen molar-refractivity contribution in [2.24, 2.45) is 0 Å². The van der Waals surface area contributed by atoms with Gasteiger partial charge in [0.2, 0.25) is 5.91 Å². The molecule has 2 aromatic carbocycles. The number of hydrogen-bond acceptors (Lipinski definition) is 5. The number of nitriles is 1. The zero-order valence-corrected chi connectivity index (χ0v) is 16.9. The predicted molar refractivity (Wildman–Crippen MR) is 113 cm³/mol. The summed E-state index contributed by atoms with van der Waals surface area (Å²) in [5.41, 5.74) is 2.69. The average molecular weight is 402 g/mol. The van der Waals surface area contributed by atoms with Gasteiger partial charge in [-0.25, -0.2) is 4.68 Å². The molecule has 0 saturated carbocycles. The number of aromatic nitrogens is 2. The Hall–Kier alpha value is -4.05. The zero-order chi connectivity index (χ0) is 21.3. The Balaban J connectivity index is 1.62. The van der Waals surface area contributed by atoms with Crippen LogP contribution in [0.2, 0.25) is 0 Å². The van der Waals surface area contributed by atoms with Crippen molar-refractivity contribution in [3.05, 3.63) is 78.1 Å². The maximum atomic E-state index is 12.5. The molecular formula is C23H22N4O3. The van der Waals surface area contributed by atoms with Crippen molar-refractivity contribution in [2.75, 3.05) is 20.8 Å². The second-order valence-corrected chi connectivity index (χ2v) is 6.51. The summed E-state index contributed by atoms with van der Waals surface area (Å²) in [6, 6.07) is 17.0. The number of ether oxygens (including phenoxy) is 2. The van der Waals surface area contributed by atoms with Crippen molar-refractivity contribution in [3.63, 3.8) is 0 Å². The van der Waals surface area contributed by atoms with Crippen molar-refractivity contribution in [1.29, 1.82) is 5.26 Å². The summed E-state index contributed by atoms with van der Waals surface area (Å²) < 4.78 is 12.4. The normalized spacial score (nSPS) is 10.6. The number of likely N-dealkylation sites (N-methyl/N-ethyl adjacent to an activating group) is 1. The van der Waals surface area contributed by atoms with Crippen LogP contribution in [0.4, 0.5) is 0 Å². The van der Waals surface area contributed by atoms with E-state index in [0.717, 1.165) is 16.8 Å². The number of carbonyl (C=O) groups is 1. The van der Waals surface area contributed by atoms with E-state index < -0.39 is 0 Å². The molecule has 7 nitrogen and oxygen atoms in total. The van der Waals surface area contributed by atoms with E-state index in [0.29, 0.717) is 18.0 Å². The van der Waals surface area contributed by atoms with Crippen LogP contribution in [0.5, 0.6) is 11.5 Å². The van der Waals surface area contributed by atoms with Gasteiger partial charge in [0.15, 0.2) is 18.1 Å². The van der Waals surface area contributed by atoms with Gasteiger partial charge in [0.1, 0.15) is 6.07 Å². The summed E-state index contributed by atoms with van der Waals surface area (Å²) in [6.45, 7) is 0.385. The summed E-state index contributed by atoms with van der Waals surface area (Å²) >= 11 is 0. The molecular weight excluding hydrogens is 380 g/mol. The van der Waals surface area contributed by atoms with Crippen molar-refractivity contribution >= 4 is 12.0 Å². The molecule has 0 aliphatic carbocycles. The molecule has 7 heteroatoms. The molecule has 3 rings (SSSR count). The SMILES string of the molecule is COc1cc(/C=C/C(=O)N(C)Cc2cnn(-c3ccccc3)c2)ccc1OCC#N. The molecule has 0 aliphatic rings. The quantitative estimate of drug-likeness (QED) is 0.539. The molecule has 0 N–H and O–H groups in total. The Kier molecular flexibility index (Phi) is 6.85. The number of para-hydroxylation sites is 1. The van der Waals surface area contributed by atoms with E-state index in [1.165, 1.54) is 13.2 Å². The Bertz CT molecular complexity index is 1070. The molecule has 0 spiro atoms. The topological polar surface area (TPSA) is 80.4 Å². The summed E-state index contributed by atoms with van der Waals surface area (Å²) in [5.74, 6) is 0.850. The summed E-state index contributed by atoms with van der Waals surface area (Å²) in [5, 5.41) is 13.0. The van der Waals surface area contributed by atoms with E-state index in [2.05, 4.69) is 5.10 Å². The lowest BCUT2D eigenvalue weighted by Crippen LogP contribution is -2.23. The van der Waals surface area contributed by atoms with Gasteiger partial charge in [0.25, 0.3) is 0 Å². The van der Waals surface area contributed by atoms with Crippen LogP contribution in [0.15, 0.2) is 67.0 Å². The lowest BCUT2D eigenvalue weighted by molar-refractivity contribution is -0.125. The van der Waals surface area contributed by atoms with Crippen LogP contribution in [0, 0.1) is 11.3 Å². The molecule has 0 unspecified atom stereocenters. The molecule has 0 saturated heterocycles. The number of amides is 1. The number of nitrogens with zero attached hydrogens (tertiary/aromatic N) is 4. The second kappa shape index (κ2) is 9.94. The van der Waals surface area contributed by atoms with Gasteiger partial charge in [-0.15, -0.1) is 0 Å². The maximum Gasteiger partial charge on any atom is 0.246 e. The third kappa shape index (κ3) is 5.26. The fourth-order valence-electron chi connectivity index (χ4n) is 2.83. The zero-order valence-electron chi connectivity index (χ0n) is 16.9. The Morgan fingerprint density at radius 3 is 2.77 bits per heavy atom.